The Hall–Kier alpha value is -2.98. The molecule has 3 rings (SSSR count). The topological polar surface area (TPSA) is 67.0 Å². The summed E-state index contributed by atoms with van der Waals surface area (Å²) in [6.45, 7) is 9.94. The van der Waals surface area contributed by atoms with Gasteiger partial charge in [-0.05, 0) is 23.8 Å². The zero-order valence-electron chi connectivity index (χ0n) is 12.7. The molecule has 0 saturated carbocycles. The molecule has 0 radical (unpaired) electrons. The van der Waals surface area contributed by atoms with Crippen LogP contribution in [0, 0.1) is 12.4 Å². The van der Waals surface area contributed by atoms with E-state index in [0.717, 1.165) is 11.8 Å². The normalized spacial score (nSPS) is 14.2. The molecule has 1 fully saturated rings. The summed E-state index contributed by atoms with van der Waals surface area (Å²) in [4.78, 5) is 20.5. The van der Waals surface area contributed by atoms with E-state index in [1.54, 1.807) is 12.1 Å². The van der Waals surface area contributed by atoms with Crippen LogP contribution < -0.4 is 4.90 Å². The summed E-state index contributed by atoms with van der Waals surface area (Å²) in [7, 11) is 0. The van der Waals surface area contributed by atoms with Crippen LogP contribution in [0.4, 0.5) is 15.8 Å². The van der Waals surface area contributed by atoms with E-state index in [1.807, 2.05) is 4.90 Å². The number of pyridine rings is 1. The number of hydrogen-bond donors (Lipinski definition) is 1. The highest BCUT2D eigenvalue weighted by Crippen LogP contribution is 2.34. The predicted octanol–water partition coefficient (Wildman–Crippen LogP) is 2.97. The number of hydrogen-bond acceptors (Lipinski definition) is 4. The maximum Gasteiger partial charge on any atom is 0.338 e. The van der Waals surface area contributed by atoms with Gasteiger partial charge in [0, 0.05) is 25.0 Å². The maximum absolute atomic E-state index is 14.4. The van der Waals surface area contributed by atoms with Crippen LogP contribution in [-0.4, -0.2) is 42.4 Å². The Balaban J connectivity index is 2.03. The standard InChI is InChI=1S/C17H14FN3O3/c1-19-13-10-11(2-3-14(13)21-6-8-24-9-7-21)16-15(18)12(17(22)23)4-5-20-16/h2-5,10H,6-9H2,(H,22,23). The molecule has 2 heterocycles. The minimum absolute atomic E-state index is 0.0756. The fourth-order valence-electron chi connectivity index (χ4n) is 2.64. The number of aromatic nitrogens is 1. The summed E-state index contributed by atoms with van der Waals surface area (Å²) in [5, 5.41) is 9.02. The minimum atomic E-state index is -1.36. The van der Waals surface area contributed by atoms with Crippen LogP contribution in [0.1, 0.15) is 10.4 Å². The molecule has 24 heavy (non-hydrogen) atoms. The lowest BCUT2D eigenvalue weighted by Gasteiger charge is -2.30. The number of halogens is 1. The van der Waals surface area contributed by atoms with Crippen molar-refractivity contribution >= 4 is 17.3 Å². The van der Waals surface area contributed by atoms with E-state index < -0.39 is 17.3 Å². The van der Waals surface area contributed by atoms with Crippen molar-refractivity contribution in [2.45, 2.75) is 0 Å². The first kappa shape index (κ1) is 15.9. The number of aromatic carboxylic acids is 1. The average Bonchev–Trinajstić information content (AvgIpc) is 2.62. The number of ether oxygens (including phenoxy) is 1. The summed E-state index contributed by atoms with van der Waals surface area (Å²) in [6.07, 6.45) is 1.25. The minimum Gasteiger partial charge on any atom is -0.478 e. The van der Waals surface area contributed by atoms with Gasteiger partial charge in [0.15, 0.2) is 5.82 Å². The van der Waals surface area contributed by atoms with Crippen molar-refractivity contribution < 1.29 is 19.0 Å². The van der Waals surface area contributed by atoms with Gasteiger partial charge >= 0.3 is 5.97 Å². The average molecular weight is 327 g/mol. The monoisotopic (exact) mass is 327 g/mol. The molecule has 1 aliphatic rings. The lowest BCUT2D eigenvalue weighted by Crippen LogP contribution is -2.36. The van der Waals surface area contributed by atoms with E-state index in [2.05, 4.69) is 9.83 Å². The van der Waals surface area contributed by atoms with Gasteiger partial charge in [0.05, 0.1) is 25.3 Å². The fraction of sp³-hybridized carbons (Fsp3) is 0.235. The number of anilines is 1. The van der Waals surface area contributed by atoms with Crippen LogP contribution in [0.25, 0.3) is 16.1 Å². The molecular formula is C17H14FN3O3. The predicted molar refractivity (Wildman–Crippen MR) is 85.9 cm³/mol. The molecule has 1 saturated heterocycles. The summed E-state index contributed by atoms with van der Waals surface area (Å²) in [5.41, 5.74) is 0.983. The van der Waals surface area contributed by atoms with Gasteiger partial charge in [0.25, 0.3) is 0 Å². The van der Waals surface area contributed by atoms with E-state index in [9.17, 15) is 9.18 Å². The molecule has 0 bridgehead atoms. The molecule has 0 unspecified atom stereocenters. The molecule has 1 aromatic carbocycles. The Morgan fingerprint density at radius 3 is 2.75 bits per heavy atom. The number of morpholine rings is 1. The number of carboxylic acid groups (broad SMARTS) is 1. The van der Waals surface area contributed by atoms with Gasteiger partial charge in [-0.2, -0.15) is 0 Å². The number of rotatable bonds is 3. The van der Waals surface area contributed by atoms with Crippen molar-refractivity contribution in [2.24, 2.45) is 0 Å². The van der Waals surface area contributed by atoms with E-state index >= 15 is 0 Å². The molecule has 1 aromatic heterocycles. The largest absolute Gasteiger partial charge is 0.478 e. The highest BCUT2D eigenvalue weighted by atomic mass is 19.1. The van der Waals surface area contributed by atoms with E-state index in [1.165, 1.54) is 12.3 Å². The van der Waals surface area contributed by atoms with Crippen molar-refractivity contribution in [1.82, 2.24) is 4.98 Å². The first-order valence-electron chi connectivity index (χ1n) is 7.34. The molecule has 0 spiro atoms. The smallest absolute Gasteiger partial charge is 0.338 e. The summed E-state index contributed by atoms with van der Waals surface area (Å²) in [6, 6.07) is 6.03. The van der Waals surface area contributed by atoms with Crippen molar-refractivity contribution in [3.8, 4) is 11.3 Å². The highest BCUT2D eigenvalue weighted by molar-refractivity contribution is 5.89. The van der Waals surface area contributed by atoms with Gasteiger partial charge in [-0.3, -0.25) is 4.98 Å². The van der Waals surface area contributed by atoms with Crippen molar-refractivity contribution in [3.63, 3.8) is 0 Å². The lowest BCUT2D eigenvalue weighted by atomic mass is 10.1. The number of nitrogens with zero attached hydrogens (tertiary/aromatic N) is 3. The quantitative estimate of drug-likeness (QED) is 0.878. The van der Waals surface area contributed by atoms with Crippen LogP contribution >= 0.6 is 0 Å². The van der Waals surface area contributed by atoms with Crippen molar-refractivity contribution in [1.29, 1.82) is 0 Å². The summed E-state index contributed by atoms with van der Waals surface area (Å²) >= 11 is 0. The van der Waals surface area contributed by atoms with Gasteiger partial charge in [0.2, 0.25) is 5.69 Å². The molecule has 2 aromatic rings. The molecule has 0 atom stereocenters. The molecular weight excluding hydrogens is 313 g/mol. The van der Waals surface area contributed by atoms with Gasteiger partial charge in [0.1, 0.15) is 5.69 Å². The Labute approximate surface area is 137 Å². The molecule has 0 aliphatic carbocycles. The van der Waals surface area contributed by atoms with E-state index in [4.69, 9.17) is 16.4 Å². The number of benzene rings is 1. The highest BCUT2D eigenvalue weighted by Gasteiger charge is 2.19. The SMILES string of the molecule is [C-]#[N+]c1cc(-c2nccc(C(=O)O)c2F)ccc1N1CCOCC1. The van der Waals surface area contributed by atoms with Crippen molar-refractivity contribution in [2.75, 3.05) is 31.2 Å². The van der Waals surface area contributed by atoms with Crippen LogP contribution in [0.5, 0.6) is 0 Å². The Morgan fingerprint density at radius 2 is 2.08 bits per heavy atom. The van der Waals surface area contributed by atoms with Gasteiger partial charge in [-0.15, -0.1) is 0 Å². The first-order chi connectivity index (χ1) is 11.6. The van der Waals surface area contributed by atoms with Gasteiger partial charge in [-0.25, -0.2) is 14.0 Å². The van der Waals surface area contributed by atoms with Crippen LogP contribution in [0.15, 0.2) is 30.5 Å². The third-order valence-electron chi connectivity index (χ3n) is 3.84. The molecule has 122 valence electrons. The Kier molecular flexibility index (Phi) is 4.40. The third kappa shape index (κ3) is 2.92. The summed E-state index contributed by atoms with van der Waals surface area (Å²) in [5.74, 6) is -2.26. The van der Waals surface area contributed by atoms with Gasteiger partial charge < -0.3 is 14.7 Å². The summed E-state index contributed by atoms with van der Waals surface area (Å²) < 4.78 is 19.7. The second-order valence-corrected chi connectivity index (χ2v) is 5.24. The molecule has 1 aliphatic heterocycles. The molecule has 6 nitrogen and oxygen atoms in total. The number of carbonyl (C=O) groups is 1. The van der Waals surface area contributed by atoms with Crippen LogP contribution in [-0.2, 0) is 4.74 Å². The fourth-order valence-corrected chi connectivity index (χ4v) is 2.64. The molecule has 7 heteroatoms. The Bertz CT molecular complexity index is 826. The molecule has 1 N–H and O–H groups in total. The van der Waals surface area contributed by atoms with Crippen LogP contribution in [0.3, 0.4) is 0 Å². The van der Waals surface area contributed by atoms with Crippen molar-refractivity contribution in [3.05, 3.63) is 53.3 Å². The van der Waals surface area contributed by atoms with E-state index in [0.29, 0.717) is 37.6 Å². The Morgan fingerprint density at radius 1 is 1.33 bits per heavy atom. The lowest BCUT2D eigenvalue weighted by molar-refractivity contribution is 0.0692. The third-order valence-corrected chi connectivity index (χ3v) is 3.84. The zero-order valence-corrected chi connectivity index (χ0v) is 12.7. The second kappa shape index (κ2) is 6.64. The van der Waals surface area contributed by atoms with Crippen LogP contribution in [0.2, 0.25) is 0 Å². The first-order valence-corrected chi connectivity index (χ1v) is 7.34. The zero-order chi connectivity index (χ0) is 17.1. The maximum atomic E-state index is 14.4. The van der Waals surface area contributed by atoms with Gasteiger partial charge in [-0.1, -0.05) is 6.07 Å². The second-order valence-electron chi connectivity index (χ2n) is 5.24. The number of carboxylic acids is 1. The molecule has 0 amide bonds. The van der Waals surface area contributed by atoms with E-state index in [-0.39, 0.29) is 5.69 Å².